The van der Waals surface area contributed by atoms with Gasteiger partial charge in [0.2, 0.25) is 0 Å². The van der Waals surface area contributed by atoms with Crippen LogP contribution in [0.5, 0.6) is 0 Å². The van der Waals surface area contributed by atoms with Crippen LogP contribution in [-0.4, -0.2) is 111 Å². The summed E-state index contributed by atoms with van der Waals surface area (Å²) in [6.07, 6.45) is -16.7. The molecular weight excluding hydrogens is 982 g/mol. The van der Waals surface area contributed by atoms with E-state index in [0.29, 0.717) is 0 Å². The molecule has 0 atom stereocenters. The maximum atomic E-state index is 13.9. The number of alkyl halides is 34. The monoisotopic (exact) mass is 982 g/mol. The van der Waals surface area contributed by atoms with E-state index in [0.717, 1.165) is 3.63 Å². The summed E-state index contributed by atoms with van der Waals surface area (Å²) in [6, 6.07) is 0. The quantitative estimate of drug-likeness (QED) is 0.144. The third kappa shape index (κ3) is 6.52. The van der Waals surface area contributed by atoms with E-state index in [4.69, 9.17) is 0 Å². The molecule has 0 bridgehead atoms. The van der Waals surface area contributed by atoms with Gasteiger partial charge in [0.1, 0.15) is 0 Å². The molecule has 41 heteroatoms. The van der Waals surface area contributed by atoms with Crippen molar-refractivity contribution < 1.29 is 170 Å². The summed E-state index contributed by atoms with van der Waals surface area (Å²) < 4.78 is 496. The summed E-state index contributed by atoms with van der Waals surface area (Å²) in [4.78, 5) is 0. The largest absolute Gasteiger partial charge is 0.460 e. The molecule has 0 N–H and O–H groups in total. The lowest BCUT2D eigenvalue weighted by molar-refractivity contribution is -0.458. The smallest absolute Gasteiger partial charge is 0.192 e. The van der Waals surface area contributed by atoms with Crippen molar-refractivity contribution in [3.8, 4) is 0 Å². The molecule has 0 saturated heterocycles. The maximum Gasteiger partial charge on any atom is 0.460 e. The van der Waals surface area contributed by atoms with Gasteiger partial charge in [-0.05, 0) is 0 Å². The summed E-state index contributed by atoms with van der Waals surface area (Å²) in [5, 5.41) is -19.0. The molecule has 0 amide bonds. The van der Waals surface area contributed by atoms with Crippen LogP contribution < -0.4 is 0 Å². The fourth-order valence-corrected chi connectivity index (χ4v) is 5.33. The molecule has 344 valence electrons. The predicted octanol–water partition coefficient (Wildman–Crippen LogP) is 9.60. The minimum atomic E-state index is -10.1. The second-order valence-corrected chi connectivity index (χ2v) is 13.3. The molecule has 5 nitrogen and oxygen atoms in total. The van der Waals surface area contributed by atoms with E-state index in [9.17, 15) is 166 Å². The normalized spacial score (nSPS) is 17.3. The van der Waals surface area contributed by atoms with Crippen molar-refractivity contribution in [2.45, 2.75) is 93.9 Å². The fraction of sp³-hybridized carbons (Fsp3) is 1.00. The van der Waals surface area contributed by atoms with Crippen LogP contribution in [0, 0.1) is 0 Å². The van der Waals surface area contributed by atoms with Crippen molar-refractivity contribution in [2.75, 3.05) is 0 Å². The van der Waals surface area contributed by atoms with Crippen LogP contribution in [0.3, 0.4) is 0 Å². The van der Waals surface area contributed by atoms with Crippen LogP contribution in [0.4, 0.5) is 149 Å². The lowest BCUT2D eigenvalue weighted by Crippen LogP contribution is -2.75. The highest BCUT2D eigenvalue weighted by Crippen LogP contribution is 2.67. The molecule has 0 aromatic rings. The van der Waals surface area contributed by atoms with Crippen LogP contribution >= 0.6 is 0 Å². The van der Waals surface area contributed by atoms with Gasteiger partial charge in [0, 0.05) is 0 Å². The highest BCUT2D eigenvalue weighted by atomic mass is 32.3. The Hall–Kier alpha value is -2.52. The van der Waals surface area contributed by atoms with E-state index in [1.54, 1.807) is 0 Å². The zero-order valence-corrected chi connectivity index (χ0v) is 25.3. The molecule has 0 spiro atoms. The summed E-state index contributed by atoms with van der Waals surface area (Å²) in [6.45, 7) is 0. The molecule has 0 aromatic carbocycles. The second kappa shape index (κ2) is 13.0. The topological polar surface area (TPSA) is 77.5 Å². The first kappa shape index (κ1) is 54.5. The molecule has 57 heavy (non-hydrogen) atoms. The first-order valence-electron chi connectivity index (χ1n) is 11.3. The van der Waals surface area contributed by atoms with Gasteiger partial charge < -0.3 is 0 Å². The Bertz CT molecular complexity index is 1600. The molecule has 0 saturated carbocycles. The summed E-state index contributed by atoms with van der Waals surface area (Å²) in [7, 11) is -20.3. The Labute approximate surface area is 285 Å². The maximum absolute atomic E-state index is 13.9. The van der Waals surface area contributed by atoms with Gasteiger partial charge in [-0.2, -0.15) is 166 Å². The lowest BCUT2D eigenvalue weighted by Gasteiger charge is -2.42. The average molecular weight is 982 g/mol. The zero-order chi connectivity index (χ0) is 47.7. The van der Waals surface area contributed by atoms with Gasteiger partial charge in [0.15, 0.2) is 0 Å². The average Bonchev–Trinajstić information content (AvgIpc) is 2.93. The SMILES string of the molecule is O=S(=O)(OS(=O)(=O)C(F)(F)C(F)(F)C(F)(F)C(F)(F)C(F)(F)C(F)(F)C(F)(F)C(F)(F)F)C(F)(F)C(F)(F)C(F)(F)C(F)(F)C(F)(F)C(F)(F)C(F)(F)C(F)(F)F. The van der Waals surface area contributed by atoms with Gasteiger partial charge in [-0.1, -0.05) is 0 Å². The van der Waals surface area contributed by atoms with Crippen molar-refractivity contribution in [1.29, 1.82) is 0 Å². The lowest BCUT2D eigenvalue weighted by atomic mass is 9.91. The van der Waals surface area contributed by atoms with Gasteiger partial charge in [0.05, 0.1) is 0 Å². The summed E-state index contributed by atoms with van der Waals surface area (Å²) in [5.74, 6) is -114. The fourth-order valence-electron chi connectivity index (χ4n) is 2.82. The summed E-state index contributed by atoms with van der Waals surface area (Å²) in [5.41, 5.74) is 0. The number of halogens is 34. The number of hydrogen-bond acceptors (Lipinski definition) is 5. The Kier molecular flexibility index (Phi) is 12.4. The first-order chi connectivity index (χ1) is 23.7. The minimum absolute atomic E-state index is 0.966. The van der Waals surface area contributed by atoms with Crippen molar-refractivity contribution in [3.05, 3.63) is 0 Å². The van der Waals surface area contributed by atoms with E-state index >= 15 is 0 Å². The Morgan fingerprint density at radius 3 is 0.474 bits per heavy atom. The minimum Gasteiger partial charge on any atom is -0.192 e. The van der Waals surface area contributed by atoms with Crippen molar-refractivity contribution in [2.24, 2.45) is 0 Å². The standard InChI is InChI=1S/C16F34O5S2/c17-1(18,5(25,26)9(33,34)13(41,42)43)3(21,22)7(29,30)11(37,38)15(47,48)56(51,52)55-57(53,54)16(49,50)12(39,40)8(31,32)4(23,24)2(19,20)6(27,28)10(35,36)14(44,45)46. The molecule has 0 aliphatic rings. The van der Waals surface area contributed by atoms with Gasteiger partial charge in [-0.15, -0.1) is 3.63 Å². The third-order valence-corrected chi connectivity index (χ3v) is 9.40. The Balaban J connectivity index is 7.59. The van der Waals surface area contributed by atoms with Gasteiger partial charge in [-0.25, -0.2) is 0 Å². The zero-order valence-electron chi connectivity index (χ0n) is 23.7. The molecule has 0 aromatic heterocycles. The second-order valence-electron chi connectivity index (χ2n) is 9.90. The highest BCUT2D eigenvalue weighted by molar-refractivity contribution is 8.01. The Morgan fingerprint density at radius 1 is 0.211 bits per heavy atom. The van der Waals surface area contributed by atoms with Crippen LogP contribution in [-0.2, 0) is 23.9 Å². The molecule has 0 heterocycles. The van der Waals surface area contributed by atoms with E-state index in [2.05, 4.69) is 0 Å². The van der Waals surface area contributed by atoms with E-state index in [1.807, 2.05) is 0 Å². The summed E-state index contributed by atoms with van der Waals surface area (Å²) >= 11 is 0. The van der Waals surface area contributed by atoms with Crippen LogP contribution in [0.25, 0.3) is 0 Å². The van der Waals surface area contributed by atoms with E-state index in [1.165, 1.54) is 0 Å². The highest BCUT2D eigenvalue weighted by Gasteiger charge is 2.98. The van der Waals surface area contributed by atoms with E-state index < -0.39 is 114 Å². The Morgan fingerprint density at radius 2 is 0.333 bits per heavy atom. The van der Waals surface area contributed by atoms with Crippen molar-refractivity contribution in [3.63, 3.8) is 0 Å². The number of rotatable bonds is 16. The van der Waals surface area contributed by atoms with Gasteiger partial charge in [0.25, 0.3) is 0 Å². The molecule has 0 unspecified atom stereocenters. The number of hydrogen-bond donors (Lipinski definition) is 0. The molecule has 0 aliphatic carbocycles. The predicted molar refractivity (Wildman–Crippen MR) is 100 cm³/mol. The molecule has 0 rings (SSSR count). The van der Waals surface area contributed by atoms with Crippen molar-refractivity contribution >= 4 is 20.2 Å². The molecule has 0 radical (unpaired) electrons. The first-order valence-corrected chi connectivity index (χ1v) is 14.2. The van der Waals surface area contributed by atoms with Crippen LogP contribution in [0.2, 0.25) is 0 Å². The molecule has 0 fully saturated rings. The van der Waals surface area contributed by atoms with Crippen molar-refractivity contribution in [1.82, 2.24) is 0 Å². The van der Waals surface area contributed by atoms with Crippen LogP contribution in [0.1, 0.15) is 0 Å². The molecule has 0 aliphatic heterocycles. The van der Waals surface area contributed by atoms with Crippen LogP contribution in [0.15, 0.2) is 0 Å². The van der Waals surface area contributed by atoms with E-state index in [-0.39, 0.29) is 0 Å². The molecular formula is C16F34O5S2. The third-order valence-electron chi connectivity index (χ3n) is 6.19. The van der Waals surface area contributed by atoms with Gasteiger partial charge in [-0.3, -0.25) is 0 Å². The van der Waals surface area contributed by atoms with Gasteiger partial charge >= 0.3 is 114 Å².